The van der Waals surface area contributed by atoms with E-state index in [1.165, 1.54) is 11.1 Å². The van der Waals surface area contributed by atoms with Gasteiger partial charge in [-0.05, 0) is 39.2 Å². The maximum atomic E-state index is 6.13. The van der Waals surface area contributed by atoms with Gasteiger partial charge in [0.15, 0.2) is 0 Å². The highest BCUT2D eigenvalue weighted by Gasteiger charge is 2.34. The van der Waals surface area contributed by atoms with Gasteiger partial charge in [0.25, 0.3) is 0 Å². The molecule has 0 spiro atoms. The highest BCUT2D eigenvalue weighted by Crippen LogP contribution is 2.37. The molecule has 3 rings (SSSR count). The van der Waals surface area contributed by atoms with Gasteiger partial charge < -0.3 is 10.1 Å². The first-order valence-corrected chi connectivity index (χ1v) is 6.23. The number of hydrogen-bond donors (Lipinski definition) is 1. The molecule has 1 N–H and O–H groups in total. The Morgan fingerprint density at radius 1 is 1.40 bits per heavy atom. The van der Waals surface area contributed by atoms with Crippen LogP contribution in [0.15, 0.2) is 16.6 Å². The topological polar surface area (TPSA) is 21.3 Å². The third-order valence-electron chi connectivity index (χ3n) is 3.19. The molecule has 0 amide bonds. The summed E-state index contributed by atoms with van der Waals surface area (Å²) >= 11 is 9.57. The van der Waals surface area contributed by atoms with Gasteiger partial charge in [0.2, 0.25) is 0 Å². The lowest BCUT2D eigenvalue weighted by atomic mass is 9.90. The largest absolute Gasteiger partial charge is 0.372 e. The number of rotatable bonds is 0. The summed E-state index contributed by atoms with van der Waals surface area (Å²) in [5, 5.41) is 4.15. The van der Waals surface area contributed by atoms with Gasteiger partial charge in [-0.3, -0.25) is 0 Å². The minimum Gasteiger partial charge on any atom is -0.372 e. The molecule has 0 aromatic heterocycles. The summed E-state index contributed by atoms with van der Waals surface area (Å²) in [6.07, 6.45) is 0.328. The minimum atomic E-state index is 0.328. The Morgan fingerprint density at radius 3 is 3.13 bits per heavy atom. The van der Waals surface area contributed by atoms with E-state index in [9.17, 15) is 0 Å². The minimum absolute atomic E-state index is 0.328. The lowest BCUT2D eigenvalue weighted by molar-refractivity contribution is 0.0299. The van der Waals surface area contributed by atoms with E-state index < -0.39 is 0 Å². The lowest BCUT2D eigenvalue weighted by Crippen LogP contribution is -2.26. The zero-order valence-electron chi connectivity index (χ0n) is 8.09. The predicted molar refractivity (Wildman–Crippen MR) is 63.3 cm³/mol. The highest BCUT2D eigenvalue weighted by molar-refractivity contribution is 9.10. The molecule has 1 fully saturated rings. The van der Waals surface area contributed by atoms with E-state index in [0.717, 1.165) is 22.6 Å². The summed E-state index contributed by atoms with van der Waals surface area (Å²) in [5.41, 5.74) is 2.61. The van der Waals surface area contributed by atoms with Crippen LogP contribution in [-0.4, -0.2) is 19.2 Å². The number of ether oxygens (including phenoxy) is 1. The standard InChI is InChI=1S/C11H11BrClNO/c12-9-1-6-5-15-11-4-14-3-8(11)7(6)2-10(9)13/h1-2,8,11,14H,3-5H2/t8-,11-/m1/s1. The Kier molecular flexibility index (Phi) is 2.51. The first-order chi connectivity index (χ1) is 7.25. The Balaban J connectivity index is 2.09. The van der Waals surface area contributed by atoms with Crippen molar-refractivity contribution in [3.8, 4) is 0 Å². The quantitative estimate of drug-likeness (QED) is 0.792. The van der Waals surface area contributed by atoms with Gasteiger partial charge in [0.05, 0.1) is 17.7 Å². The third-order valence-corrected chi connectivity index (χ3v) is 4.39. The first-order valence-electron chi connectivity index (χ1n) is 5.06. The zero-order chi connectivity index (χ0) is 10.4. The molecule has 2 nitrogen and oxygen atoms in total. The summed E-state index contributed by atoms with van der Waals surface area (Å²) in [4.78, 5) is 0. The van der Waals surface area contributed by atoms with Crippen molar-refractivity contribution < 1.29 is 4.74 Å². The Bertz CT molecular complexity index is 410. The van der Waals surface area contributed by atoms with E-state index in [1.54, 1.807) is 0 Å². The summed E-state index contributed by atoms with van der Waals surface area (Å²) in [6, 6.07) is 4.15. The van der Waals surface area contributed by atoms with Crippen molar-refractivity contribution in [2.45, 2.75) is 18.6 Å². The highest BCUT2D eigenvalue weighted by atomic mass is 79.9. The van der Waals surface area contributed by atoms with E-state index in [2.05, 4.69) is 33.4 Å². The predicted octanol–water partition coefficient (Wildman–Crippen LogP) is 2.69. The van der Waals surface area contributed by atoms with Crippen LogP contribution in [0.5, 0.6) is 0 Å². The molecule has 0 radical (unpaired) electrons. The molecule has 0 saturated carbocycles. The average molecular weight is 289 g/mol. The van der Waals surface area contributed by atoms with Gasteiger partial charge in [-0.15, -0.1) is 0 Å². The molecule has 0 bridgehead atoms. The summed E-state index contributed by atoms with van der Waals surface area (Å²) in [6.45, 7) is 2.65. The molecule has 1 aromatic carbocycles. The summed E-state index contributed by atoms with van der Waals surface area (Å²) < 4.78 is 6.75. The molecule has 80 valence electrons. The molecule has 0 unspecified atom stereocenters. The fourth-order valence-electron chi connectivity index (χ4n) is 2.41. The molecule has 15 heavy (non-hydrogen) atoms. The van der Waals surface area contributed by atoms with E-state index in [-0.39, 0.29) is 0 Å². The fraction of sp³-hybridized carbons (Fsp3) is 0.455. The SMILES string of the molecule is Clc1cc2c(cc1Br)CO[C@@H]1CNC[C@H]21. The van der Waals surface area contributed by atoms with Crippen LogP contribution >= 0.6 is 27.5 Å². The summed E-state index contributed by atoms with van der Waals surface area (Å²) in [7, 11) is 0. The van der Waals surface area contributed by atoms with Gasteiger partial charge in [-0.1, -0.05) is 11.6 Å². The van der Waals surface area contributed by atoms with Crippen LogP contribution < -0.4 is 5.32 Å². The van der Waals surface area contributed by atoms with Crippen molar-refractivity contribution in [2.24, 2.45) is 0 Å². The van der Waals surface area contributed by atoms with Crippen molar-refractivity contribution in [2.75, 3.05) is 13.1 Å². The number of fused-ring (bicyclic) bond motifs is 3. The van der Waals surface area contributed by atoms with Crippen molar-refractivity contribution in [3.05, 3.63) is 32.8 Å². The zero-order valence-corrected chi connectivity index (χ0v) is 10.4. The Hall–Kier alpha value is -0.0900. The van der Waals surface area contributed by atoms with Crippen LogP contribution in [0.2, 0.25) is 5.02 Å². The van der Waals surface area contributed by atoms with Gasteiger partial charge in [0, 0.05) is 23.5 Å². The second-order valence-corrected chi connectivity index (χ2v) is 5.34. The van der Waals surface area contributed by atoms with Crippen LogP contribution in [0.25, 0.3) is 0 Å². The molecular formula is C11H11BrClNO. The van der Waals surface area contributed by atoms with Crippen LogP contribution in [0.4, 0.5) is 0 Å². The maximum Gasteiger partial charge on any atom is 0.0784 e. The van der Waals surface area contributed by atoms with Crippen molar-refractivity contribution in [3.63, 3.8) is 0 Å². The van der Waals surface area contributed by atoms with Crippen LogP contribution in [0.3, 0.4) is 0 Å². The normalized spacial score (nSPS) is 28.7. The molecule has 2 atom stereocenters. The molecule has 2 aliphatic heterocycles. The second kappa shape index (κ2) is 3.74. The van der Waals surface area contributed by atoms with Crippen LogP contribution in [-0.2, 0) is 11.3 Å². The third kappa shape index (κ3) is 1.62. The molecule has 2 aliphatic rings. The molecule has 1 aromatic rings. The lowest BCUT2D eigenvalue weighted by Gasteiger charge is -2.28. The Morgan fingerprint density at radius 2 is 2.27 bits per heavy atom. The Labute approximate surface area is 102 Å². The average Bonchev–Trinajstić information content (AvgIpc) is 2.68. The molecule has 1 saturated heterocycles. The van der Waals surface area contributed by atoms with Crippen LogP contribution in [0.1, 0.15) is 17.0 Å². The maximum absolute atomic E-state index is 6.13. The molecule has 2 heterocycles. The van der Waals surface area contributed by atoms with Crippen molar-refractivity contribution in [1.82, 2.24) is 5.32 Å². The number of halogens is 2. The molecular weight excluding hydrogens is 277 g/mol. The fourth-order valence-corrected chi connectivity index (χ4v) is 2.97. The monoisotopic (exact) mass is 287 g/mol. The smallest absolute Gasteiger partial charge is 0.0784 e. The van der Waals surface area contributed by atoms with E-state index in [4.69, 9.17) is 16.3 Å². The number of nitrogens with one attached hydrogen (secondary N) is 1. The molecule has 0 aliphatic carbocycles. The summed E-state index contributed by atoms with van der Waals surface area (Å²) in [5.74, 6) is 0.472. The van der Waals surface area contributed by atoms with Crippen molar-refractivity contribution >= 4 is 27.5 Å². The van der Waals surface area contributed by atoms with Gasteiger partial charge in [-0.25, -0.2) is 0 Å². The second-order valence-electron chi connectivity index (χ2n) is 4.08. The number of benzene rings is 1. The molecule has 4 heteroatoms. The van der Waals surface area contributed by atoms with E-state index >= 15 is 0 Å². The van der Waals surface area contributed by atoms with Gasteiger partial charge in [0.1, 0.15) is 0 Å². The van der Waals surface area contributed by atoms with E-state index in [0.29, 0.717) is 18.6 Å². The van der Waals surface area contributed by atoms with Crippen molar-refractivity contribution in [1.29, 1.82) is 0 Å². The first kappa shape index (κ1) is 10.1. The van der Waals surface area contributed by atoms with E-state index in [1.807, 2.05) is 0 Å². The van der Waals surface area contributed by atoms with Gasteiger partial charge in [-0.2, -0.15) is 0 Å². The van der Waals surface area contributed by atoms with Gasteiger partial charge >= 0.3 is 0 Å². The van der Waals surface area contributed by atoms with Crippen LogP contribution in [0, 0.1) is 0 Å². The number of hydrogen-bond acceptors (Lipinski definition) is 2.